The summed E-state index contributed by atoms with van der Waals surface area (Å²) in [6.45, 7) is 10.0. The fraction of sp³-hybridized carbons (Fsp3) is 0.357. The quantitative estimate of drug-likeness (QED) is 0.818. The Labute approximate surface area is 101 Å². The van der Waals surface area contributed by atoms with Crippen molar-refractivity contribution in [3.05, 3.63) is 45.4 Å². The molecule has 0 spiro atoms. The SMILES string of the molecule is CC.Cc1cc(C)c(-c2c[nH]oc2=O)c(C)c1. The summed E-state index contributed by atoms with van der Waals surface area (Å²) in [4.78, 5) is 11.4. The molecule has 0 aliphatic heterocycles. The molecule has 0 radical (unpaired) electrons. The van der Waals surface area contributed by atoms with Gasteiger partial charge in [-0.05, 0) is 37.5 Å². The minimum absolute atomic E-state index is 0.315. The predicted octanol–water partition coefficient (Wildman–Crippen LogP) is 3.59. The monoisotopic (exact) mass is 233 g/mol. The minimum Gasteiger partial charge on any atom is -0.338 e. The molecule has 3 nitrogen and oxygen atoms in total. The first-order valence-corrected chi connectivity index (χ1v) is 5.84. The van der Waals surface area contributed by atoms with E-state index in [1.54, 1.807) is 6.20 Å². The molecule has 0 amide bonds. The Morgan fingerprint density at radius 1 is 1.06 bits per heavy atom. The van der Waals surface area contributed by atoms with E-state index in [2.05, 4.69) is 21.8 Å². The summed E-state index contributed by atoms with van der Waals surface area (Å²) >= 11 is 0. The van der Waals surface area contributed by atoms with E-state index in [0.717, 1.165) is 16.7 Å². The summed E-state index contributed by atoms with van der Waals surface area (Å²) in [7, 11) is 0. The van der Waals surface area contributed by atoms with Crippen molar-refractivity contribution in [1.82, 2.24) is 5.16 Å². The van der Waals surface area contributed by atoms with Crippen molar-refractivity contribution in [2.24, 2.45) is 0 Å². The fourth-order valence-corrected chi connectivity index (χ4v) is 2.03. The summed E-state index contributed by atoms with van der Waals surface area (Å²) < 4.78 is 4.68. The molecular weight excluding hydrogens is 214 g/mol. The van der Waals surface area contributed by atoms with Gasteiger partial charge in [-0.3, -0.25) is 0 Å². The van der Waals surface area contributed by atoms with Crippen molar-refractivity contribution >= 4 is 0 Å². The van der Waals surface area contributed by atoms with Crippen LogP contribution >= 0.6 is 0 Å². The average molecular weight is 233 g/mol. The molecule has 2 aromatic rings. The molecule has 1 N–H and O–H groups in total. The summed E-state index contributed by atoms with van der Waals surface area (Å²) in [5, 5.41) is 2.48. The van der Waals surface area contributed by atoms with Crippen LogP contribution in [0, 0.1) is 20.8 Å². The van der Waals surface area contributed by atoms with E-state index in [0.29, 0.717) is 5.56 Å². The van der Waals surface area contributed by atoms with E-state index in [4.69, 9.17) is 0 Å². The van der Waals surface area contributed by atoms with Gasteiger partial charge in [0.2, 0.25) is 0 Å². The maximum Gasteiger partial charge on any atom is 0.364 e. The average Bonchev–Trinajstić information content (AvgIpc) is 2.66. The van der Waals surface area contributed by atoms with Gasteiger partial charge in [0.25, 0.3) is 0 Å². The van der Waals surface area contributed by atoms with Crippen LogP contribution in [0.4, 0.5) is 0 Å². The molecule has 92 valence electrons. The maximum absolute atomic E-state index is 11.4. The molecule has 1 aromatic carbocycles. The highest BCUT2D eigenvalue weighted by molar-refractivity contribution is 5.69. The van der Waals surface area contributed by atoms with Crippen LogP contribution in [0.3, 0.4) is 0 Å². The van der Waals surface area contributed by atoms with Crippen LogP contribution in [0.25, 0.3) is 11.1 Å². The van der Waals surface area contributed by atoms with Crippen molar-refractivity contribution in [3.63, 3.8) is 0 Å². The number of aryl methyl sites for hydroxylation is 3. The Morgan fingerprint density at radius 2 is 1.59 bits per heavy atom. The van der Waals surface area contributed by atoms with E-state index in [1.807, 2.05) is 34.6 Å². The molecule has 2 rings (SSSR count). The van der Waals surface area contributed by atoms with Crippen molar-refractivity contribution in [3.8, 4) is 11.1 Å². The zero-order chi connectivity index (χ0) is 13.0. The summed E-state index contributed by atoms with van der Waals surface area (Å²) in [6, 6.07) is 4.13. The van der Waals surface area contributed by atoms with Crippen LogP contribution in [0.1, 0.15) is 30.5 Å². The van der Waals surface area contributed by atoms with Crippen molar-refractivity contribution in [2.45, 2.75) is 34.6 Å². The maximum atomic E-state index is 11.4. The van der Waals surface area contributed by atoms with Crippen LogP contribution in [-0.2, 0) is 0 Å². The van der Waals surface area contributed by atoms with E-state index < -0.39 is 0 Å². The number of nitrogens with one attached hydrogen (secondary N) is 1. The summed E-state index contributed by atoms with van der Waals surface area (Å²) in [5.74, 6) is 0. The van der Waals surface area contributed by atoms with Crippen LogP contribution < -0.4 is 5.63 Å². The molecule has 0 saturated carbocycles. The molecule has 0 aliphatic carbocycles. The lowest BCUT2D eigenvalue weighted by Crippen LogP contribution is -1.99. The number of hydrogen-bond donors (Lipinski definition) is 1. The lowest BCUT2D eigenvalue weighted by Gasteiger charge is -2.07. The number of rotatable bonds is 1. The highest BCUT2D eigenvalue weighted by Crippen LogP contribution is 2.25. The van der Waals surface area contributed by atoms with E-state index in [-0.39, 0.29) is 5.63 Å². The molecule has 3 heteroatoms. The molecule has 0 aliphatic rings. The lowest BCUT2D eigenvalue weighted by molar-refractivity contribution is 0.392. The van der Waals surface area contributed by atoms with Gasteiger partial charge in [-0.2, -0.15) is 0 Å². The first kappa shape index (κ1) is 13.3. The molecule has 0 bridgehead atoms. The van der Waals surface area contributed by atoms with Gasteiger partial charge in [-0.25, -0.2) is 9.95 Å². The largest absolute Gasteiger partial charge is 0.364 e. The predicted molar refractivity (Wildman–Crippen MR) is 70.3 cm³/mol. The second-order valence-corrected chi connectivity index (χ2v) is 3.84. The zero-order valence-corrected chi connectivity index (χ0v) is 11.0. The van der Waals surface area contributed by atoms with Gasteiger partial charge < -0.3 is 4.52 Å². The van der Waals surface area contributed by atoms with Gasteiger partial charge >= 0.3 is 5.63 Å². The highest BCUT2D eigenvalue weighted by Gasteiger charge is 2.11. The van der Waals surface area contributed by atoms with Crippen LogP contribution in [-0.4, -0.2) is 5.16 Å². The van der Waals surface area contributed by atoms with Gasteiger partial charge in [-0.1, -0.05) is 31.5 Å². The summed E-state index contributed by atoms with van der Waals surface area (Å²) in [5.41, 5.74) is 4.65. The van der Waals surface area contributed by atoms with Gasteiger partial charge in [0.15, 0.2) is 0 Å². The minimum atomic E-state index is -0.315. The number of aromatic amines is 1. The van der Waals surface area contributed by atoms with Crippen molar-refractivity contribution < 1.29 is 4.52 Å². The first-order chi connectivity index (χ1) is 8.09. The molecule has 0 saturated heterocycles. The number of aromatic nitrogens is 1. The van der Waals surface area contributed by atoms with Gasteiger partial charge in [0, 0.05) is 0 Å². The third kappa shape index (κ3) is 2.67. The molecule has 0 atom stereocenters. The van der Waals surface area contributed by atoms with Gasteiger partial charge in [0.1, 0.15) is 0 Å². The Hall–Kier alpha value is -1.77. The topological polar surface area (TPSA) is 46.0 Å². The zero-order valence-electron chi connectivity index (χ0n) is 11.0. The van der Waals surface area contributed by atoms with Gasteiger partial charge in [-0.15, -0.1) is 0 Å². The molecule has 1 aromatic heterocycles. The Morgan fingerprint density at radius 3 is 2.00 bits per heavy atom. The third-order valence-electron chi connectivity index (χ3n) is 2.52. The number of H-pyrrole nitrogens is 1. The second kappa shape index (κ2) is 5.53. The first-order valence-electron chi connectivity index (χ1n) is 5.84. The summed E-state index contributed by atoms with van der Waals surface area (Å²) in [6.07, 6.45) is 1.60. The number of hydrogen-bond acceptors (Lipinski definition) is 2. The normalized spacial score (nSPS) is 9.71. The fourth-order valence-electron chi connectivity index (χ4n) is 2.03. The van der Waals surface area contributed by atoms with E-state index in [9.17, 15) is 4.79 Å². The van der Waals surface area contributed by atoms with Gasteiger partial charge in [0.05, 0.1) is 11.8 Å². The Balaban J connectivity index is 0.000000686. The Bertz CT molecular complexity index is 526. The van der Waals surface area contributed by atoms with Crippen LogP contribution in [0.5, 0.6) is 0 Å². The third-order valence-corrected chi connectivity index (χ3v) is 2.52. The molecule has 17 heavy (non-hydrogen) atoms. The number of benzene rings is 1. The molecule has 1 heterocycles. The van der Waals surface area contributed by atoms with Crippen molar-refractivity contribution in [1.29, 1.82) is 0 Å². The second-order valence-electron chi connectivity index (χ2n) is 3.84. The lowest BCUT2D eigenvalue weighted by atomic mass is 9.96. The van der Waals surface area contributed by atoms with Crippen molar-refractivity contribution in [2.75, 3.05) is 0 Å². The molecule has 0 fully saturated rings. The molecule has 0 unspecified atom stereocenters. The molecular formula is C14H19NO2. The Kier molecular flexibility index (Phi) is 4.32. The smallest absolute Gasteiger partial charge is 0.338 e. The van der Waals surface area contributed by atoms with E-state index >= 15 is 0 Å². The standard InChI is InChI=1S/C12H13NO2.C2H6/c1-7-4-8(2)11(9(3)5-7)10-6-13-15-12(10)14;1-2/h4-6,13H,1-3H3;1-2H3. The van der Waals surface area contributed by atoms with E-state index in [1.165, 1.54) is 5.56 Å². The van der Waals surface area contributed by atoms with Crippen LogP contribution in [0.2, 0.25) is 0 Å². The highest BCUT2D eigenvalue weighted by atomic mass is 16.5. The van der Waals surface area contributed by atoms with Crippen LogP contribution in [0.15, 0.2) is 27.6 Å².